The second-order valence-electron chi connectivity index (χ2n) is 7.03. The maximum atomic E-state index is 12.8. The molecule has 0 bridgehead atoms. The molecular formula is C20H22N4O5. The van der Waals surface area contributed by atoms with Gasteiger partial charge in [-0.3, -0.25) is 29.9 Å². The minimum atomic E-state index is -0.736. The van der Waals surface area contributed by atoms with E-state index in [1.807, 2.05) is 30.3 Å². The minimum absolute atomic E-state index is 0.0309. The zero-order chi connectivity index (χ0) is 21.0. The van der Waals surface area contributed by atoms with Gasteiger partial charge in [-0.15, -0.1) is 0 Å². The SMILES string of the molecule is Cc1c(C(=O)NCC(c2ccccc2)N2CCCC2)cc([N+](=O)[O-])cc1[N+](=O)[O-]. The Balaban J connectivity index is 1.85. The lowest BCUT2D eigenvalue weighted by molar-refractivity contribution is -0.394. The Morgan fingerprint density at radius 1 is 1.10 bits per heavy atom. The lowest BCUT2D eigenvalue weighted by Crippen LogP contribution is -2.37. The lowest BCUT2D eigenvalue weighted by atomic mass is 10.0. The number of benzene rings is 2. The molecule has 3 rings (SSSR count). The molecule has 0 radical (unpaired) electrons. The Morgan fingerprint density at radius 2 is 1.76 bits per heavy atom. The molecule has 2 aromatic carbocycles. The molecule has 1 heterocycles. The molecule has 29 heavy (non-hydrogen) atoms. The topological polar surface area (TPSA) is 119 Å². The zero-order valence-electron chi connectivity index (χ0n) is 16.0. The first-order valence-electron chi connectivity index (χ1n) is 9.39. The van der Waals surface area contributed by atoms with Crippen LogP contribution in [0.4, 0.5) is 11.4 Å². The second-order valence-corrected chi connectivity index (χ2v) is 7.03. The minimum Gasteiger partial charge on any atom is -0.350 e. The van der Waals surface area contributed by atoms with E-state index in [0.29, 0.717) is 6.54 Å². The lowest BCUT2D eigenvalue weighted by Gasteiger charge is -2.28. The molecule has 1 aliphatic heterocycles. The number of amides is 1. The molecule has 0 aliphatic carbocycles. The first kappa shape index (κ1) is 20.4. The van der Waals surface area contributed by atoms with Crippen LogP contribution in [0.15, 0.2) is 42.5 Å². The molecule has 1 N–H and O–H groups in total. The number of rotatable bonds is 7. The van der Waals surface area contributed by atoms with Crippen LogP contribution >= 0.6 is 0 Å². The van der Waals surface area contributed by atoms with Gasteiger partial charge in [0.15, 0.2) is 0 Å². The van der Waals surface area contributed by atoms with Gasteiger partial charge in [-0.05, 0) is 38.4 Å². The summed E-state index contributed by atoms with van der Waals surface area (Å²) in [6.45, 7) is 3.58. The van der Waals surface area contributed by atoms with Crippen molar-refractivity contribution in [2.45, 2.75) is 25.8 Å². The number of hydrogen-bond acceptors (Lipinski definition) is 6. The summed E-state index contributed by atoms with van der Waals surface area (Å²) in [5.41, 5.74) is 0.196. The maximum absolute atomic E-state index is 12.8. The number of nitrogens with one attached hydrogen (secondary N) is 1. The predicted octanol–water partition coefficient (Wildman–Crippen LogP) is 3.38. The molecule has 1 unspecified atom stereocenters. The monoisotopic (exact) mass is 398 g/mol. The predicted molar refractivity (Wildman–Crippen MR) is 107 cm³/mol. The van der Waals surface area contributed by atoms with E-state index in [0.717, 1.165) is 43.6 Å². The summed E-state index contributed by atoms with van der Waals surface area (Å²) in [7, 11) is 0. The third kappa shape index (κ3) is 4.57. The molecule has 1 atom stereocenters. The summed E-state index contributed by atoms with van der Waals surface area (Å²) < 4.78 is 0. The van der Waals surface area contributed by atoms with Crippen molar-refractivity contribution in [1.82, 2.24) is 10.2 Å². The summed E-state index contributed by atoms with van der Waals surface area (Å²) in [5.74, 6) is -0.561. The quantitative estimate of drug-likeness (QED) is 0.564. The van der Waals surface area contributed by atoms with Crippen LogP contribution in [0.2, 0.25) is 0 Å². The molecule has 0 spiro atoms. The van der Waals surface area contributed by atoms with Gasteiger partial charge in [0, 0.05) is 18.2 Å². The summed E-state index contributed by atoms with van der Waals surface area (Å²) in [6, 6.07) is 11.7. The van der Waals surface area contributed by atoms with E-state index >= 15 is 0 Å². The molecule has 152 valence electrons. The van der Waals surface area contributed by atoms with Crippen molar-refractivity contribution in [1.29, 1.82) is 0 Å². The fraction of sp³-hybridized carbons (Fsp3) is 0.350. The van der Waals surface area contributed by atoms with Gasteiger partial charge in [0.2, 0.25) is 0 Å². The third-order valence-electron chi connectivity index (χ3n) is 5.24. The van der Waals surface area contributed by atoms with Crippen LogP contribution < -0.4 is 5.32 Å². The third-order valence-corrected chi connectivity index (χ3v) is 5.24. The fourth-order valence-corrected chi connectivity index (χ4v) is 3.69. The van der Waals surface area contributed by atoms with Crippen LogP contribution in [0.3, 0.4) is 0 Å². The molecular weight excluding hydrogens is 376 g/mol. The summed E-state index contributed by atoms with van der Waals surface area (Å²) in [6.07, 6.45) is 2.18. The van der Waals surface area contributed by atoms with E-state index in [1.165, 1.54) is 6.92 Å². The van der Waals surface area contributed by atoms with Crippen LogP contribution in [-0.2, 0) is 0 Å². The summed E-state index contributed by atoms with van der Waals surface area (Å²) in [4.78, 5) is 36.0. The molecule has 2 aromatic rings. The van der Waals surface area contributed by atoms with Gasteiger partial charge in [0.1, 0.15) is 0 Å². The van der Waals surface area contributed by atoms with Crippen molar-refractivity contribution < 1.29 is 14.6 Å². The highest BCUT2D eigenvalue weighted by Crippen LogP contribution is 2.29. The standard InChI is InChI=1S/C20H22N4O5/c1-14-17(11-16(23(26)27)12-18(14)24(28)29)20(25)21-13-19(22-9-5-6-10-22)15-7-3-2-4-8-15/h2-4,7-8,11-12,19H,5-6,9-10,13H2,1H3,(H,21,25). The number of carbonyl (C=O) groups excluding carboxylic acids is 1. The van der Waals surface area contributed by atoms with E-state index in [9.17, 15) is 25.0 Å². The highest BCUT2D eigenvalue weighted by atomic mass is 16.6. The number of nitro groups is 2. The van der Waals surface area contributed by atoms with Crippen LogP contribution in [-0.4, -0.2) is 40.3 Å². The number of hydrogen-bond donors (Lipinski definition) is 1. The average molecular weight is 398 g/mol. The average Bonchev–Trinajstić information content (AvgIpc) is 3.23. The molecule has 0 aromatic heterocycles. The molecule has 1 aliphatic rings. The van der Waals surface area contributed by atoms with Gasteiger partial charge in [0.05, 0.1) is 27.5 Å². The Hall–Kier alpha value is -3.33. The van der Waals surface area contributed by atoms with E-state index in [4.69, 9.17) is 0 Å². The van der Waals surface area contributed by atoms with Crippen molar-refractivity contribution in [3.05, 3.63) is 79.4 Å². The molecule has 1 fully saturated rings. The van der Waals surface area contributed by atoms with Crippen LogP contribution in [0.5, 0.6) is 0 Å². The Bertz CT molecular complexity index is 926. The van der Waals surface area contributed by atoms with Gasteiger partial charge >= 0.3 is 0 Å². The van der Waals surface area contributed by atoms with Crippen molar-refractivity contribution in [2.75, 3.05) is 19.6 Å². The largest absolute Gasteiger partial charge is 0.350 e. The molecule has 0 saturated carbocycles. The van der Waals surface area contributed by atoms with Crippen molar-refractivity contribution in [3.63, 3.8) is 0 Å². The Labute approximate surface area is 167 Å². The highest BCUT2D eigenvalue weighted by Gasteiger charge is 2.27. The molecule has 1 amide bonds. The van der Waals surface area contributed by atoms with Crippen molar-refractivity contribution >= 4 is 17.3 Å². The maximum Gasteiger partial charge on any atom is 0.279 e. The van der Waals surface area contributed by atoms with Crippen LogP contribution in [0.1, 0.15) is 40.4 Å². The van der Waals surface area contributed by atoms with Crippen molar-refractivity contribution in [3.8, 4) is 0 Å². The Morgan fingerprint density at radius 3 is 2.34 bits per heavy atom. The second kappa shape index (κ2) is 8.78. The number of carbonyl (C=O) groups is 1. The van der Waals surface area contributed by atoms with Crippen LogP contribution in [0, 0.1) is 27.2 Å². The molecule has 9 nitrogen and oxygen atoms in total. The van der Waals surface area contributed by atoms with Gasteiger partial charge < -0.3 is 5.32 Å². The summed E-state index contributed by atoms with van der Waals surface area (Å²) >= 11 is 0. The van der Waals surface area contributed by atoms with Crippen LogP contribution in [0.25, 0.3) is 0 Å². The highest BCUT2D eigenvalue weighted by molar-refractivity contribution is 5.97. The Kier molecular flexibility index (Phi) is 6.18. The van der Waals surface area contributed by atoms with Gasteiger partial charge in [-0.2, -0.15) is 0 Å². The number of likely N-dealkylation sites (tertiary alicyclic amines) is 1. The zero-order valence-corrected chi connectivity index (χ0v) is 16.0. The first-order valence-corrected chi connectivity index (χ1v) is 9.39. The van der Waals surface area contributed by atoms with E-state index < -0.39 is 27.1 Å². The van der Waals surface area contributed by atoms with Crippen molar-refractivity contribution in [2.24, 2.45) is 0 Å². The normalized spacial score (nSPS) is 15.1. The molecule has 1 saturated heterocycles. The summed E-state index contributed by atoms with van der Waals surface area (Å²) in [5, 5.41) is 25.2. The molecule has 9 heteroatoms. The first-order chi connectivity index (χ1) is 13.9. The number of nitrogens with zero attached hydrogens (tertiary/aromatic N) is 3. The fourth-order valence-electron chi connectivity index (χ4n) is 3.69. The number of nitro benzene ring substituents is 2. The van der Waals surface area contributed by atoms with E-state index in [-0.39, 0.29) is 17.2 Å². The number of non-ortho nitro benzene ring substituents is 1. The van der Waals surface area contributed by atoms with E-state index in [2.05, 4.69) is 10.2 Å². The smallest absolute Gasteiger partial charge is 0.279 e. The van der Waals surface area contributed by atoms with E-state index in [1.54, 1.807) is 0 Å². The van der Waals surface area contributed by atoms with Gasteiger partial charge in [-0.25, -0.2) is 0 Å². The van der Waals surface area contributed by atoms with Gasteiger partial charge in [-0.1, -0.05) is 30.3 Å². The van der Waals surface area contributed by atoms with Gasteiger partial charge in [0.25, 0.3) is 17.3 Å².